The van der Waals surface area contributed by atoms with Crippen molar-refractivity contribution >= 4 is 5.82 Å². The molecule has 0 saturated heterocycles. The summed E-state index contributed by atoms with van der Waals surface area (Å²) in [6, 6.07) is 3.74. The predicted molar refractivity (Wildman–Crippen MR) is 75.5 cm³/mol. The molecule has 0 radical (unpaired) electrons. The second kappa shape index (κ2) is 6.33. The fourth-order valence-corrected chi connectivity index (χ4v) is 1.78. The van der Waals surface area contributed by atoms with E-state index < -0.39 is 0 Å². The largest absolute Gasteiger partial charge is 0.384 e. The van der Waals surface area contributed by atoms with Gasteiger partial charge in [-0.2, -0.15) is 0 Å². The van der Waals surface area contributed by atoms with Crippen LogP contribution >= 0.6 is 0 Å². The van der Waals surface area contributed by atoms with Gasteiger partial charge < -0.3 is 15.0 Å². The molecule has 0 saturated carbocycles. The van der Waals surface area contributed by atoms with E-state index in [0.717, 1.165) is 24.4 Å². The third-order valence-electron chi connectivity index (χ3n) is 2.72. The lowest BCUT2D eigenvalue weighted by molar-refractivity contribution is 0.103. The zero-order chi connectivity index (χ0) is 13.7. The molecular weight excluding hydrogens is 240 g/mol. The van der Waals surface area contributed by atoms with E-state index in [1.54, 1.807) is 12.3 Å². The van der Waals surface area contributed by atoms with Crippen LogP contribution in [0.5, 0.6) is 0 Å². The van der Waals surface area contributed by atoms with E-state index >= 15 is 0 Å². The number of nitrogen functional groups attached to an aromatic ring is 1. The molecule has 19 heavy (non-hydrogen) atoms. The van der Waals surface area contributed by atoms with Crippen molar-refractivity contribution < 1.29 is 4.74 Å². The van der Waals surface area contributed by atoms with Crippen LogP contribution in [0.1, 0.15) is 13.8 Å². The molecule has 102 valence electrons. The van der Waals surface area contributed by atoms with Gasteiger partial charge >= 0.3 is 0 Å². The minimum Gasteiger partial charge on any atom is -0.384 e. The molecule has 2 heterocycles. The molecule has 0 fully saturated rings. The van der Waals surface area contributed by atoms with Crippen LogP contribution in [-0.4, -0.2) is 27.7 Å². The normalized spacial score (nSPS) is 11.1. The van der Waals surface area contributed by atoms with Crippen molar-refractivity contribution in [2.24, 2.45) is 5.92 Å². The van der Waals surface area contributed by atoms with Gasteiger partial charge in [0.1, 0.15) is 5.82 Å². The number of hydrogen-bond acceptors (Lipinski definition) is 4. The minimum absolute atomic E-state index is 0.523. The van der Waals surface area contributed by atoms with Gasteiger partial charge in [-0.3, -0.25) is 0 Å². The van der Waals surface area contributed by atoms with Crippen LogP contribution < -0.4 is 5.73 Å². The monoisotopic (exact) mass is 260 g/mol. The fraction of sp³-hybridized carbons (Fsp3) is 0.429. The molecule has 2 N–H and O–H groups in total. The summed E-state index contributed by atoms with van der Waals surface area (Å²) in [5, 5.41) is 0. The highest BCUT2D eigenvalue weighted by Crippen LogP contribution is 2.18. The Balaban J connectivity index is 1.99. The summed E-state index contributed by atoms with van der Waals surface area (Å²) >= 11 is 0. The first-order valence-electron chi connectivity index (χ1n) is 6.46. The van der Waals surface area contributed by atoms with E-state index in [1.165, 1.54) is 0 Å². The van der Waals surface area contributed by atoms with Gasteiger partial charge in [-0.1, -0.05) is 13.8 Å². The Morgan fingerprint density at radius 1 is 1.32 bits per heavy atom. The number of rotatable bonds is 6. The lowest BCUT2D eigenvalue weighted by Gasteiger charge is -2.10. The summed E-state index contributed by atoms with van der Waals surface area (Å²) in [6.07, 6.45) is 5.40. The van der Waals surface area contributed by atoms with Gasteiger partial charge in [0.25, 0.3) is 0 Å². The van der Waals surface area contributed by atoms with Crippen molar-refractivity contribution in [1.29, 1.82) is 0 Å². The van der Waals surface area contributed by atoms with Gasteiger partial charge in [0, 0.05) is 24.9 Å². The molecule has 2 aromatic rings. The standard InChI is InChI=1S/C14H20N4O/c1-11(2)9-19-6-5-18-10-16-8-13(18)12-3-4-14(15)17-7-12/h3-4,7-8,10-11H,5-6,9H2,1-2H3,(H2,15,17). The third kappa shape index (κ3) is 3.79. The summed E-state index contributed by atoms with van der Waals surface area (Å²) in [5.41, 5.74) is 7.63. The lowest BCUT2D eigenvalue weighted by Crippen LogP contribution is -2.09. The number of aromatic nitrogens is 3. The Hall–Kier alpha value is -1.88. The maximum Gasteiger partial charge on any atom is 0.123 e. The van der Waals surface area contributed by atoms with Crippen molar-refractivity contribution in [3.8, 4) is 11.3 Å². The molecule has 0 atom stereocenters. The summed E-state index contributed by atoms with van der Waals surface area (Å²) in [6.45, 7) is 6.54. The zero-order valence-electron chi connectivity index (χ0n) is 11.4. The van der Waals surface area contributed by atoms with Gasteiger partial charge in [0.15, 0.2) is 0 Å². The van der Waals surface area contributed by atoms with Gasteiger partial charge in [0.05, 0.1) is 24.8 Å². The van der Waals surface area contributed by atoms with Crippen molar-refractivity contribution in [2.75, 3.05) is 18.9 Å². The van der Waals surface area contributed by atoms with E-state index in [2.05, 4.69) is 28.4 Å². The molecule has 0 amide bonds. The topological polar surface area (TPSA) is 66.0 Å². The molecule has 5 heteroatoms. The van der Waals surface area contributed by atoms with Crippen molar-refractivity contribution in [1.82, 2.24) is 14.5 Å². The summed E-state index contributed by atoms with van der Waals surface area (Å²) in [5.74, 6) is 1.08. The molecule has 0 spiro atoms. The number of pyridine rings is 1. The van der Waals surface area contributed by atoms with E-state index in [-0.39, 0.29) is 0 Å². The zero-order valence-corrected chi connectivity index (χ0v) is 11.4. The van der Waals surface area contributed by atoms with Crippen LogP contribution in [0.2, 0.25) is 0 Å². The molecule has 2 aromatic heterocycles. The van der Waals surface area contributed by atoms with Gasteiger partial charge in [0.2, 0.25) is 0 Å². The second-order valence-corrected chi connectivity index (χ2v) is 4.91. The number of nitrogens with zero attached hydrogens (tertiary/aromatic N) is 3. The molecule has 0 bridgehead atoms. The molecule has 0 aliphatic rings. The van der Waals surface area contributed by atoms with Crippen molar-refractivity contribution in [2.45, 2.75) is 20.4 Å². The first-order valence-corrected chi connectivity index (χ1v) is 6.46. The van der Waals surface area contributed by atoms with Crippen LogP contribution in [0.4, 0.5) is 5.82 Å². The molecule has 0 aliphatic carbocycles. The average Bonchev–Trinajstić information content (AvgIpc) is 2.84. The molecule has 0 aliphatic heterocycles. The molecular formula is C14H20N4O. The molecule has 2 rings (SSSR count). The highest BCUT2D eigenvalue weighted by molar-refractivity contribution is 5.59. The minimum atomic E-state index is 0.523. The second-order valence-electron chi connectivity index (χ2n) is 4.91. The number of imidazole rings is 1. The van der Waals surface area contributed by atoms with Crippen molar-refractivity contribution in [3.05, 3.63) is 30.9 Å². The van der Waals surface area contributed by atoms with Crippen molar-refractivity contribution in [3.63, 3.8) is 0 Å². The van der Waals surface area contributed by atoms with Gasteiger partial charge in [-0.25, -0.2) is 9.97 Å². The fourth-order valence-electron chi connectivity index (χ4n) is 1.78. The average molecular weight is 260 g/mol. The third-order valence-corrected chi connectivity index (χ3v) is 2.72. The first kappa shape index (κ1) is 13.5. The maximum atomic E-state index is 5.59. The maximum absolute atomic E-state index is 5.59. The molecule has 0 aromatic carbocycles. The molecule has 0 unspecified atom stereocenters. The lowest BCUT2D eigenvalue weighted by atomic mass is 10.2. The van der Waals surface area contributed by atoms with E-state index in [9.17, 15) is 0 Å². The number of anilines is 1. The van der Waals surface area contributed by atoms with Crippen LogP contribution in [0.15, 0.2) is 30.9 Å². The highest BCUT2D eigenvalue weighted by atomic mass is 16.5. The summed E-state index contributed by atoms with van der Waals surface area (Å²) < 4.78 is 7.66. The summed E-state index contributed by atoms with van der Waals surface area (Å²) in [7, 11) is 0. The Bertz CT molecular complexity index is 504. The molecule has 5 nitrogen and oxygen atoms in total. The Labute approximate surface area is 113 Å². The predicted octanol–water partition coefficient (Wildman–Crippen LogP) is 2.20. The summed E-state index contributed by atoms with van der Waals surface area (Å²) in [4.78, 5) is 8.28. The van der Waals surface area contributed by atoms with E-state index in [4.69, 9.17) is 10.5 Å². The first-order chi connectivity index (χ1) is 9.16. The Morgan fingerprint density at radius 2 is 2.16 bits per heavy atom. The van der Waals surface area contributed by atoms with Crippen LogP contribution in [0, 0.1) is 5.92 Å². The van der Waals surface area contributed by atoms with Crippen LogP contribution in [-0.2, 0) is 11.3 Å². The van der Waals surface area contributed by atoms with E-state index in [0.29, 0.717) is 18.3 Å². The van der Waals surface area contributed by atoms with Gasteiger partial charge in [-0.15, -0.1) is 0 Å². The number of ether oxygens (including phenoxy) is 1. The quantitative estimate of drug-likeness (QED) is 0.809. The van der Waals surface area contributed by atoms with Crippen LogP contribution in [0.3, 0.4) is 0 Å². The highest BCUT2D eigenvalue weighted by Gasteiger charge is 2.05. The number of nitrogens with two attached hydrogens (primary N) is 1. The van der Waals surface area contributed by atoms with Gasteiger partial charge in [-0.05, 0) is 18.1 Å². The van der Waals surface area contributed by atoms with E-state index in [1.807, 2.05) is 18.6 Å². The SMILES string of the molecule is CC(C)COCCn1cncc1-c1ccc(N)nc1. The Kier molecular flexibility index (Phi) is 4.52. The smallest absolute Gasteiger partial charge is 0.123 e. The Morgan fingerprint density at radius 3 is 2.84 bits per heavy atom. The van der Waals surface area contributed by atoms with Crippen LogP contribution in [0.25, 0.3) is 11.3 Å². The number of hydrogen-bond donors (Lipinski definition) is 1.